The van der Waals surface area contributed by atoms with E-state index >= 15 is 0 Å². The van der Waals surface area contributed by atoms with Crippen LogP contribution in [-0.2, 0) is 16.6 Å². The third-order valence-electron chi connectivity index (χ3n) is 6.27. The van der Waals surface area contributed by atoms with Crippen LogP contribution in [0.25, 0.3) is 0 Å². The first-order valence-corrected chi connectivity index (χ1v) is 13.1. The monoisotopic (exact) mass is 477 g/mol. The predicted molar refractivity (Wildman–Crippen MR) is 134 cm³/mol. The third kappa shape index (κ3) is 5.91. The zero-order valence-corrected chi connectivity index (χ0v) is 20.2. The highest BCUT2D eigenvalue weighted by Gasteiger charge is 2.28. The molecule has 0 spiro atoms. The molecule has 3 aromatic rings. The number of carbonyl (C=O) groups is 1. The molecule has 7 heteroatoms. The lowest BCUT2D eigenvalue weighted by molar-refractivity contribution is 0.0951. The van der Waals surface area contributed by atoms with Gasteiger partial charge in [-0.1, -0.05) is 67.6 Å². The smallest absolute Gasteiger partial charge is 0.251 e. The number of hydrogen-bond donors (Lipinski definition) is 1. The Morgan fingerprint density at radius 1 is 0.853 bits per heavy atom. The molecule has 0 aromatic heterocycles. The second-order valence-corrected chi connectivity index (χ2v) is 10.6. The van der Waals surface area contributed by atoms with E-state index in [9.17, 15) is 13.2 Å². The molecule has 1 atom stereocenters. The Balaban J connectivity index is 1.26. The van der Waals surface area contributed by atoms with Gasteiger partial charge in [-0.2, -0.15) is 4.31 Å². The van der Waals surface area contributed by atoms with Gasteiger partial charge >= 0.3 is 0 Å². The summed E-state index contributed by atoms with van der Waals surface area (Å²) >= 11 is 0. The van der Waals surface area contributed by atoms with Crippen molar-refractivity contribution in [3.05, 3.63) is 102 Å². The van der Waals surface area contributed by atoms with E-state index < -0.39 is 10.0 Å². The van der Waals surface area contributed by atoms with Gasteiger partial charge in [-0.05, 0) is 41.3 Å². The van der Waals surface area contributed by atoms with Crippen LogP contribution in [0.15, 0.2) is 89.8 Å². The number of carbonyl (C=O) groups excluding carboxylic acids is 1. The molecule has 178 valence electrons. The molecule has 1 saturated heterocycles. The highest BCUT2D eigenvalue weighted by molar-refractivity contribution is 7.89. The summed E-state index contributed by atoms with van der Waals surface area (Å²) in [5.41, 5.74) is 2.95. The summed E-state index contributed by atoms with van der Waals surface area (Å²) < 4.78 is 27.2. The molecule has 1 N–H and O–H groups in total. The van der Waals surface area contributed by atoms with Crippen molar-refractivity contribution in [2.75, 3.05) is 32.7 Å². The van der Waals surface area contributed by atoms with Crippen LogP contribution >= 0.6 is 0 Å². The quantitative estimate of drug-likeness (QED) is 0.537. The zero-order chi connectivity index (χ0) is 24.0. The Hall–Kier alpha value is -3.00. The van der Waals surface area contributed by atoms with Crippen LogP contribution in [0.3, 0.4) is 0 Å². The summed E-state index contributed by atoms with van der Waals surface area (Å²) in [4.78, 5) is 15.1. The number of nitrogens with zero attached hydrogens (tertiary/aromatic N) is 2. The average molecular weight is 478 g/mol. The van der Waals surface area contributed by atoms with Crippen LogP contribution in [0.4, 0.5) is 0 Å². The zero-order valence-electron chi connectivity index (χ0n) is 19.4. The lowest BCUT2D eigenvalue weighted by Gasteiger charge is -2.34. The average Bonchev–Trinajstić information content (AvgIpc) is 2.89. The molecule has 6 nitrogen and oxygen atoms in total. The molecule has 3 aromatic carbocycles. The first kappa shape index (κ1) is 24.1. The van der Waals surface area contributed by atoms with Crippen molar-refractivity contribution in [1.29, 1.82) is 0 Å². The number of amides is 1. The van der Waals surface area contributed by atoms with Gasteiger partial charge < -0.3 is 5.32 Å². The minimum absolute atomic E-state index is 0.0749. The van der Waals surface area contributed by atoms with Crippen molar-refractivity contribution in [2.24, 2.45) is 0 Å². The first-order valence-electron chi connectivity index (χ1n) is 11.6. The van der Waals surface area contributed by atoms with E-state index in [0.717, 1.165) is 12.1 Å². The normalized spacial score (nSPS) is 16.1. The maximum atomic E-state index is 12.8. The van der Waals surface area contributed by atoms with Gasteiger partial charge in [-0.3, -0.25) is 9.69 Å². The largest absolute Gasteiger partial charge is 0.351 e. The van der Waals surface area contributed by atoms with Crippen molar-refractivity contribution < 1.29 is 13.2 Å². The standard InChI is InChI=1S/C27H31N3O3S/c1-22(24-8-4-2-5-9-24)20-28-27(31)25-14-12-23(13-15-25)21-29-16-18-30(19-17-29)34(32,33)26-10-6-3-7-11-26/h2-15,22H,16-21H2,1H3,(H,28,31). The van der Waals surface area contributed by atoms with Crippen molar-refractivity contribution in [3.8, 4) is 0 Å². The molecule has 1 heterocycles. The molecule has 0 radical (unpaired) electrons. The molecule has 34 heavy (non-hydrogen) atoms. The summed E-state index contributed by atoms with van der Waals surface area (Å²) in [6, 6.07) is 26.4. The van der Waals surface area contributed by atoms with Gasteiger partial charge in [-0.25, -0.2) is 8.42 Å². The van der Waals surface area contributed by atoms with Crippen molar-refractivity contribution >= 4 is 15.9 Å². The van der Waals surface area contributed by atoms with E-state index in [4.69, 9.17) is 0 Å². The number of benzene rings is 3. The molecule has 0 aliphatic carbocycles. The summed E-state index contributed by atoms with van der Waals surface area (Å²) in [7, 11) is -3.44. The van der Waals surface area contributed by atoms with Crippen LogP contribution in [-0.4, -0.2) is 56.3 Å². The molecule has 1 unspecified atom stereocenters. The Morgan fingerprint density at radius 2 is 1.44 bits per heavy atom. The fourth-order valence-corrected chi connectivity index (χ4v) is 5.58. The number of rotatable bonds is 8. The minimum atomic E-state index is -3.44. The highest BCUT2D eigenvalue weighted by atomic mass is 32.2. The van der Waals surface area contributed by atoms with Crippen LogP contribution in [0, 0.1) is 0 Å². The maximum Gasteiger partial charge on any atom is 0.251 e. The van der Waals surface area contributed by atoms with E-state index in [2.05, 4.69) is 29.3 Å². The highest BCUT2D eigenvalue weighted by Crippen LogP contribution is 2.18. The van der Waals surface area contributed by atoms with Gasteiger partial charge in [0, 0.05) is 44.8 Å². The predicted octanol–water partition coefficient (Wildman–Crippen LogP) is 3.73. The Kier molecular flexibility index (Phi) is 7.77. The summed E-state index contributed by atoms with van der Waals surface area (Å²) in [6.45, 7) is 5.70. The van der Waals surface area contributed by atoms with E-state index in [1.807, 2.05) is 48.5 Å². The van der Waals surface area contributed by atoms with E-state index in [1.165, 1.54) is 5.56 Å². The van der Waals surface area contributed by atoms with Crippen molar-refractivity contribution in [1.82, 2.24) is 14.5 Å². The number of nitrogens with one attached hydrogen (secondary N) is 1. The molecular formula is C27H31N3O3S. The third-order valence-corrected chi connectivity index (χ3v) is 8.18. The molecule has 1 fully saturated rings. The fourth-order valence-electron chi connectivity index (χ4n) is 4.14. The fraction of sp³-hybridized carbons (Fsp3) is 0.296. The second kappa shape index (κ2) is 11.0. The minimum Gasteiger partial charge on any atom is -0.351 e. The van der Waals surface area contributed by atoms with Gasteiger partial charge in [0.15, 0.2) is 0 Å². The lowest BCUT2D eigenvalue weighted by Crippen LogP contribution is -2.48. The molecule has 1 aliphatic rings. The second-order valence-electron chi connectivity index (χ2n) is 8.71. The van der Waals surface area contributed by atoms with Crippen molar-refractivity contribution in [3.63, 3.8) is 0 Å². The Bertz CT molecular complexity index is 1170. The summed E-state index contributed by atoms with van der Waals surface area (Å²) in [5, 5.41) is 3.02. The van der Waals surface area contributed by atoms with Gasteiger partial charge in [-0.15, -0.1) is 0 Å². The molecule has 0 saturated carbocycles. The van der Waals surface area contributed by atoms with E-state index in [1.54, 1.807) is 28.6 Å². The molecular weight excluding hydrogens is 446 g/mol. The van der Waals surface area contributed by atoms with Crippen LogP contribution in [0.2, 0.25) is 0 Å². The molecule has 4 rings (SSSR count). The molecule has 1 aliphatic heterocycles. The van der Waals surface area contributed by atoms with Crippen molar-refractivity contribution in [2.45, 2.75) is 24.3 Å². The summed E-state index contributed by atoms with van der Waals surface area (Å²) in [6.07, 6.45) is 0. The molecule has 1 amide bonds. The van der Waals surface area contributed by atoms with Crippen LogP contribution < -0.4 is 5.32 Å². The van der Waals surface area contributed by atoms with Gasteiger partial charge in [0.05, 0.1) is 4.90 Å². The molecule has 0 bridgehead atoms. The van der Waals surface area contributed by atoms with E-state index in [-0.39, 0.29) is 11.8 Å². The van der Waals surface area contributed by atoms with Gasteiger partial charge in [0.25, 0.3) is 5.91 Å². The van der Waals surface area contributed by atoms with E-state index in [0.29, 0.717) is 43.2 Å². The van der Waals surface area contributed by atoms with Gasteiger partial charge in [0.1, 0.15) is 0 Å². The summed E-state index contributed by atoms with van der Waals surface area (Å²) in [5.74, 6) is 0.169. The number of hydrogen-bond acceptors (Lipinski definition) is 4. The van der Waals surface area contributed by atoms with Gasteiger partial charge in [0.2, 0.25) is 10.0 Å². The SMILES string of the molecule is CC(CNC(=O)c1ccc(CN2CCN(S(=O)(=O)c3ccccc3)CC2)cc1)c1ccccc1. The first-order chi connectivity index (χ1) is 16.4. The van der Waals surface area contributed by atoms with Crippen LogP contribution in [0.5, 0.6) is 0 Å². The lowest BCUT2D eigenvalue weighted by atomic mass is 10.0. The number of piperazine rings is 1. The maximum absolute atomic E-state index is 12.8. The number of sulfonamides is 1. The Labute approximate surface area is 202 Å². The topological polar surface area (TPSA) is 69.7 Å². The van der Waals surface area contributed by atoms with Crippen LogP contribution in [0.1, 0.15) is 34.3 Å². The Morgan fingerprint density at radius 3 is 2.06 bits per heavy atom.